The van der Waals surface area contributed by atoms with E-state index in [2.05, 4.69) is 0 Å². The first-order valence-electron chi connectivity index (χ1n) is 4.83. The summed E-state index contributed by atoms with van der Waals surface area (Å²) in [5, 5.41) is 38.0. The number of carbonyl (C=O) groups is 1. The lowest BCUT2D eigenvalue weighted by atomic mass is 10.5. The standard InChI is InChI=1S/C9H19O5P/c1-5(9(13)14)15(6(2)10,7(3)11)8(4)12/h5-8,10-12H,1-4H3/p+1. The number of aliphatic hydroxyl groups is 3. The predicted molar refractivity (Wildman–Crippen MR) is 59.1 cm³/mol. The van der Waals surface area contributed by atoms with Crippen molar-refractivity contribution in [1.82, 2.24) is 0 Å². The molecule has 0 spiro atoms. The summed E-state index contributed by atoms with van der Waals surface area (Å²) < 4.78 is 0. The zero-order chi connectivity index (χ0) is 12.4. The molecule has 0 aromatic heterocycles. The molecule has 5 nitrogen and oxygen atoms in total. The summed E-state index contributed by atoms with van der Waals surface area (Å²) >= 11 is 0. The van der Waals surface area contributed by atoms with Gasteiger partial charge in [-0.3, -0.25) is 0 Å². The van der Waals surface area contributed by atoms with Crippen LogP contribution in [0.3, 0.4) is 0 Å². The summed E-state index contributed by atoms with van der Waals surface area (Å²) in [6, 6.07) is 0. The molecule has 0 aliphatic heterocycles. The van der Waals surface area contributed by atoms with Gasteiger partial charge in [0.2, 0.25) is 0 Å². The van der Waals surface area contributed by atoms with E-state index in [1.54, 1.807) is 0 Å². The molecule has 0 aromatic carbocycles. The fourth-order valence-corrected chi connectivity index (χ4v) is 6.30. The Bertz CT molecular complexity index is 205. The smallest absolute Gasteiger partial charge is 0.344 e. The van der Waals surface area contributed by atoms with Crippen LogP contribution < -0.4 is 0 Å². The lowest BCUT2D eigenvalue weighted by molar-refractivity contribution is -0.136. The van der Waals surface area contributed by atoms with Gasteiger partial charge in [0.25, 0.3) is 0 Å². The Labute approximate surface area is 90.1 Å². The third-order valence-corrected chi connectivity index (χ3v) is 8.42. The Kier molecular flexibility index (Phi) is 5.14. The Morgan fingerprint density at radius 1 is 0.933 bits per heavy atom. The van der Waals surface area contributed by atoms with E-state index in [1.807, 2.05) is 0 Å². The third-order valence-electron chi connectivity index (χ3n) is 2.97. The summed E-state index contributed by atoms with van der Waals surface area (Å²) in [5.74, 6) is -4.14. The maximum absolute atomic E-state index is 11.0. The highest BCUT2D eigenvalue weighted by Crippen LogP contribution is 2.71. The van der Waals surface area contributed by atoms with Crippen molar-refractivity contribution < 1.29 is 25.2 Å². The lowest BCUT2D eigenvalue weighted by Gasteiger charge is -2.37. The van der Waals surface area contributed by atoms with E-state index >= 15 is 0 Å². The molecule has 15 heavy (non-hydrogen) atoms. The second-order valence-electron chi connectivity index (χ2n) is 3.80. The van der Waals surface area contributed by atoms with Crippen LogP contribution in [0.2, 0.25) is 0 Å². The van der Waals surface area contributed by atoms with E-state index in [1.165, 1.54) is 27.7 Å². The molecule has 0 heterocycles. The van der Waals surface area contributed by atoms with Gasteiger partial charge in [0, 0.05) is 0 Å². The number of aliphatic hydroxyl groups excluding tert-OH is 3. The topological polar surface area (TPSA) is 98.0 Å². The summed E-state index contributed by atoms with van der Waals surface area (Å²) in [6.45, 7) is 5.69. The predicted octanol–water partition coefficient (Wildman–Crippen LogP) is 0.492. The van der Waals surface area contributed by atoms with Gasteiger partial charge in [-0.1, -0.05) is 0 Å². The number of hydrogen-bond acceptors (Lipinski definition) is 4. The number of aliphatic carboxylic acids is 1. The lowest BCUT2D eigenvalue weighted by Crippen LogP contribution is -2.38. The zero-order valence-electron chi connectivity index (χ0n) is 9.45. The molecular weight excluding hydrogens is 219 g/mol. The van der Waals surface area contributed by atoms with E-state index < -0.39 is 36.4 Å². The van der Waals surface area contributed by atoms with Crippen molar-refractivity contribution in [2.75, 3.05) is 0 Å². The highest BCUT2D eigenvalue weighted by molar-refractivity contribution is 7.78. The average Bonchev–Trinajstić information content (AvgIpc) is 2.02. The molecule has 0 aliphatic rings. The minimum atomic E-state index is -2.79. The molecule has 0 radical (unpaired) electrons. The van der Waals surface area contributed by atoms with Gasteiger partial charge in [0.1, 0.15) is 7.26 Å². The van der Waals surface area contributed by atoms with Gasteiger partial charge >= 0.3 is 5.97 Å². The highest BCUT2D eigenvalue weighted by Gasteiger charge is 2.59. The zero-order valence-corrected chi connectivity index (χ0v) is 10.3. The third kappa shape index (κ3) is 2.48. The minimum Gasteiger partial charge on any atom is -0.478 e. The molecule has 4 N–H and O–H groups in total. The fourth-order valence-electron chi connectivity index (χ4n) is 2.10. The molecule has 0 aromatic rings. The number of carboxylic acids is 1. The molecule has 0 rings (SSSR count). The van der Waals surface area contributed by atoms with Crippen LogP contribution in [0, 0.1) is 0 Å². The van der Waals surface area contributed by atoms with Crippen molar-refractivity contribution in [3.8, 4) is 0 Å². The first kappa shape index (κ1) is 14.8. The second kappa shape index (κ2) is 5.21. The van der Waals surface area contributed by atoms with Crippen LogP contribution in [0.1, 0.15) is 27.7 Å². The van der Waals surface area contributed by atoms with Gasteiger partial charge in [-0.25, -0.2) is 4.79 Å². The van der Waals surface area contributed by atoms with Crippen LogP contribution in [0.5, 0.6) is 0 Å². The van der Waals surface area contributed by atoms with Crippen LogP contribution in [-0.4, -0.2) is 49.6 Å². The fraction of sp³-hybridized carbons (Fsp3) is 0.889. The number of rotatable bonds is 5. The van der Waals surface area contributed by atoms with Gasteiger partial charge in [-0.2, -0.15) is 0 Å². The van der Waals surface area contributed by atoms with Gasteiger partial charge in [-0.05, 0) is 27.7 Å². The SMILES string of the molecule is CC(O)[P+](C(C)O)(C(C)O)C(C)C(=O)O. The molecule has 0 saturated carbocycles. The minimum absolute atomic E-state index is 0.933. The molecule has 90 valence electrons. The summed E-state index contributed by atoms with van der Waals surface area (Å²) in [5.41, 5.74) is -0.933. The van der Waals surface area contributed by atoms with Crippen LogP contribution in [0.4, 0.5) is 0 Å². The van der Waals surface area contributed by atoms with E-state index in [0.717, 1.165) is 0 Å². The molecule has 6 heteroatoms. The Hall–Kier alpha value is -0.220. The Morgan fingerprint density at radius 2 is 1.20 bits per heavy atom. The number of hydrogen-bond donors (Lipinski definition) is 4. The van der Waals surface area contributed by atoms with E-state index in [0.29, 0.717) is 0 Å². The molecule has 0 amide bonds. The van der Waals surface area contributed by atoms with E-state index in [9.17, 15) is 20.1 Å². The van der Waals surface area contributed by atoms with Crippen molar-refractivity contribution in [2.24, 2.45) is 0 Å². The second-order valence-corrected chi connectivity index (χ2v) is 8.61. The van der Waals surface area contributed by atoms with Crippen molar-refractivity contribution >= 4 is 13.2 Å². The van der Waals surface area contributed by atoms with E-state index in [-0.39, 0.29) is 0 Å². The first-order valence-corrected chi connectivity index (χ1v) is 6.90. The Morgan fingerprint density at radius 3 is 1.27 bits per heavy atom. The largest absolute Gasteiger partial charge is 0.478 e. The van der Waals surface area contributed by atoms with E-state index in [4.69, 9.17) is 5.11 Å². The van der Waals surface area contributed by atoms with Crippen LogP contribution >= 0.6 is 7.26 Å². The molecule has 0 bridgehead atoms. The van der Waals surface area contributed by atoms with Crippen LogP contribution in [-0.2, 0) is 4.79 Å². The molecule has 0 saturated heterocycles. The summed E-state index contributed by atoms with van der Waals surface area (Å²) in [4.78, 5) is 11.0. The quantitative estimate of drug-likeness (QED) is 0.523. The van der Waals surface area contributed by atoms with Crippen molar-refractivity contribution in [1.29, 1.82) is 0 Å². The summed E-state index contributed by atoms with van der Waals surface area (Å²) in [7, 11) is -2.79. The molecule has 4 atom stereocenters. The maximum Gasteiger partial charge on any atom is 0.344 e. The van der Waals surface area contributed by atoms with Gasteiger partial charge in [0.15, 0.2) is 23.2 Å². The first-order chi connectivity index (χ1) is 6.68. The van der Waals surface area contributed by atoms with Gasteiger partial charge in [-0.15, -0.1) is 0 Å². The van der Waals surface area contributed by atoms with Crippen molar-refractivity contribution in [2.45, 2.75) is 50.9 Å². The van der Waals surface area contributed by atoms with Gasteiger partial charge < -0.3 is 20.4 Å². The molecule has 0 fully saturated rings. The normalized spacial score (nSPS) is 23.7. The van der Waals surface area contributed by atoms with Crippen molar-refractivity contribution in [3.05, 3.63) is 0 Å². The molecular formula is C9H20O5P+. The van der Waals surface area contributed by atoms with Crippen LogP contribution in [0.15, 0.2) is 0 Å². The molecule has 0 aliphatic carbocycles. The maximum atomic E-state index is 11.0. The number of carboxylic acid groups (broad SMARTS) is 1. The average molecular weight is 239 g/mol. The van der Waals surface area contributed by atoms with Crippen LogP contribution in [0.25, 0.3) is 0 Å². The molecule has 4 unspecified atom stereocenters. The summed E-state index contributed by atoms with van der Waals surface area (Å²) in [6.07, 6.45) is 0. The highest BCUT2D eigenvalue weighted by atomic mass is 31.2. The van der Waals surface area contributed by atoms with Crippen molar-refractivity contribution in [3.63, 3.8) is 0 Å². The Balaban J connectivity index is 5.42. The monoisotopic (exact) mass is 239 g/mol. The van der Waals surface area contributed by atoms with Gasteiger partial charge in [0.05, 0.1) is 0 Å².